The van der Waals surface area contributed by atoms with Crippen LogP contribution in [0, 0.1) is 20.2 Å². The Balaban J connectivity index is 2.08. The number of rotatable bonds is 4. The average molecular weight is 371 g/mol. The molecule has 0 fully saturated rings. The standard InChI is InChI=1S/C17H13N3O7/c1-10(21)11-2-3-16-15(8-11)18(4-5-27-16)17(22)12-6-13(19(23)24)9-14(7-12)20(25)26/h2-3,6-9H,4-5H2,1H3. The molecule has 2 aromatic carbocycles. The topological polar surface area (TPSA) is 133 Å². The van der Waals surface area contributed by atoms with Gasteiger partial charge in [0.2, 0.25) is 0 Å². The number of nitro benzene ring substituents is 2. The highest BCUT2D eigenvalue weighted by molar-refractivity contribution is 6.08. The molecule has 1 aliphatic heterocycles. The number of nitro groups is 2. The van der Waals surface area contributed by atoms with Gasteiger partial charge >= 0.3 is 0 Å². The zero-order chi connectivity index (χ0) is 19.7. The highest BCUT2D eigenvalue weighted by Crippen LogP contribution is 2.34. The van der Waals surface area contributed by atoms with Crippen molar-refractivity contribution in [3.05, 3.63) is 67.8 Å². The molecule has 1 heterocycles. The van der Waals surface area contributed by atoms with Gasteiger partial charge in [-0.1, -0.05) is 0 Å². The second-order valence-electron chi connectivity index (χ2n) is 5.80. The number of Topliss-reactive ketones (excluding diaryl/α,β-unsaturated/α-hetero) is 1. The van der Waals surface area contributed by atoms with Crippen LogP contribution in [0.4, 0.5) is 17.1 Å². The van der Waals surface area contributed by atoms with Crippen molar-refractivity contribution in [3.63, 3.8) is 0 Å². The molecule has 0 atom stereocenters. The molecule has 2 aromatic rings. The van der Waals surface area contributed by atoms with E-state index in [2.05, 4.69) is 0 Å². The Labute approximate surface area is 152 Å². The summed E-state index contributed by atoms with van der Waals surface area (Å²) in [6.07, 6.45) is 0. The third-order valence-electron chi connectivity index (χ3n) is 4.04. The van der Waals surface area contributed by atoms with E-state index < -0.39 is 27.1 Å². The summed E-state index contributed by atoms with van der Waals surface area (Å²) in [6, 6.07) is 7.37. The van der Waals surface area contributed by atoms with Gasteiger partial charge in [-0.3, -0.25) is 29.8 Å². The van der Waals surface area contributed by atoms with Crippen molar-refractivity contribution in [3.8, 4) is 5.75 Å². The maximum absolute atomic E-state index is 12.9. The second kappa shape index (κ2) is 6.83. The molecule has 0 aliphatic carbocycles. The Morgan fingerprint density at radius 2 is 1.63 bits per heavy atom. The molecule has 0 spiro atoms. The van der Waals surface area contributed by atoms with Crippen molar-refractivity contribution >= 4 is 28.8 Å². The molecule has 0 unspecified atom stereocenters. The lowest BCUT2D eigenvalue weighted by atomic mass is 10.1. The lowest BCUT2D eigenvalue weighted by molar-refractivity contribution is -0.394. The van der Waals surface area contributed by atoms with E-state index in [1.807, 2.05) is 0 Å². The van der Waals surface area contributed by atoms with Crippen molar-refractivity contribution < 1.29 is 24.2 Å². The number of benzene rings is 2. The van der Waals surface area contributed by atoms with Crippen molar-refractivity contribution in [2.45, 2.75) is 6.92 Å². The van der Waals surface area contributed by atoms with Crippen LogP contribution in [0.5, 0.6) is 5.75 Å². The fourth-order valence-electron chi connectivity index (χ4n) is 2.73. The average Bonchev–Trinajstić information content (AvgIpc) is 2.65. The van der Waals surface area contributed by atoms with E-state index in [-0.39, 0.29) is 24.5 Å². The summed E-state index contributed by atoms with van der Waals surface area (Å²) in [4.78, 5) is 46.3. The SMILES string of the molecule is CC(=O)c1ccc2c(c1)N(C(=O)c1cc([N+](=O)[O-])cc([N+](=O)[O-])c1)CCO2. The predicted octanol–water partition coefficient (Wildman–Crippen LogP) is 2.74. The van der Waals surface area contributed by atoms with E-state index in [1.54, 1.807) is 12.1 Å². The van der Waals surface area contributed by atoms with E-state index in [0.717, 1.165) is 18.2 Å². The van der Waals surface area contributed by atoms with Gasteiger partial charge in [0.1, 0.15) is 12.4 Å². The molecule has 10 nitrogen and oxygen atoms in total. The number of amides is 1. The summed E-state index contributed by atoms with van der Waals surface area (Å²) >= 11 is 0. The molecule has 138 valence electrons. The van der Waals surface area contributed by atoms with Crippen LogP contribution in [0.25, 0.3) is 0 Å². The number of anilines is 1. The van der Waals surface area contributed by atoms with Crippen LogP contribution in [0.15, 0.2) is 36.4 Å². The van der Waals surface area contributed by atoms with Gasteiger partial charge in [0.05, 0.1) is 33.7 Å². The van der Waals surface area contributed by atoms with Crippen LogP contribution >= 0.6 is 0 Å². The zero-order valence-electron chi connectivity index (χ0n) is 14.1. The summed E-state index contributed by atoms with van der Waals surface area (Å²) in [5, 5.41) is 22.1. The van der Waals surface area contributed by atoms with Crippen LogP contribution in [-0.4, -0.2) is 34.7 Å². The van der Waals surface area contributed by atoms with E-state index in [4.69, 9.17) is 4.74 Å². The summed E-state index contributed by atoms with van der Waals surface area (Å²) in [5.41, 5.74) is -0.621. The first-order valence-corrected chi connectivity index (χ1v) is 7.81. The van der Waals surface area contributed by atoms with Crippen molar-refractivity contribution in [2.75, 3.05) is 18.1 Å². The third-order valence-corrected chi connectivity index (χ3v) is 4.04. The predicted molar refractivity (Wildman–Crippen MR) is 93.4 cm³/mol. The van der Waals surface area contributed by atoms with Gasteiger partial charge in [0.25, 0.3) is 17.3 Å². The van der Waals surface area contributed by atoms with Gasteiger partial charge in [0, 0.05) is 17.7 Å². The number of non-ortho nitro benzene ring substituents is 2. The van der Waals surface area contributed by atoms with Gasteiger partial charge in [-0.2, -0.15) is 0 Å². The van der Waals surface area contributed by atoms with Gasteiger partial charge < -0.3 is 9.64 Å². The fourth-order valence-corrected chi connectivity index (χ4v) is 2.73. The van der Waals surface area contributed by atoms with Crippen molar-refractivity contribution in [2.24, 2.45) is 0 Å². The molecule has 0 radical (unpaired) electrons. The van der Waals surface area contributed by atoms with Crippen LogP contribution in [0.2, 0.25) is 0 Å². The minimum atomic E-state index is -0.801. The molecule has 0 bridgehead atoms. The number of nitrogens with zero attached hydrogens (tertiary/aromatic N) is 3. The quantitative estimate of drug-likeness (QED) is 0.458. The second-order valence-corrected chi connectivity index (χ2v) is 5.80. The number of hydrogen-bond acceptors (Lipinski definition) is 7. The Bertz CT molecular complexity index is 954. The Morgan fingerprint density at radius 1 is 1.00 bits per heavy atom. The van der Waals surface area contributed by atoms with Crippen LogP contribution in [0.3, 0.4) is 0 Å². The number of hydrogen-bond donors (Lipinski definition) is 0. The number of carbonyl (C=O) groups is 2. The maximum atomic E-state index is 12.9. The van der Waals surface area contributed by atoms with Crippen molar-refractivity contribution in [1.29, 1.82) is 0 Å². The highest BCUT2D eigenvalue weighted by atomic mass is 16.6. The third kappa shape index (κ3) is 3.45. The number of ether oxygens (including phenoxy) is 1. The Morgan fingerprint density at radius 3 is 2.19 bits per heavy atom. The smallest absolute Gasteiger partial charge is 0.277 e. The lowest BCUT2D eigenvalue weighted by Crippen LogP contribution is -2.38. The number of fused-ring (bicyclic) bond motifs is 1. The fraction of sp³-hybridized carbons (Fsp3) is 0.176. The first-order valence-electron chi connectivity index (χ1n) is 7.81. The van der Waals surface area contributed by atoms with Gasteiger partial charge in [-0.15, -0.1) is 0 Å². The Hall–Kier alpha value is -3.82. The van der Waals surface area contributed by atoms with Gasteiger partial charge in [-0.25, -0.2) is 0 Å². The van der Waals surface area contributed by atoms with E-state index >= 15 is 0 Å². The summed E-state index contributed by atoms with van der Waals surface area (Å²) in [5.74, 6) is -0.492. The molecular weight excluding hydrogens is 358 g/mol. The molecule has 0 saturated heterocycles. The molecule has 1 amide bonds. The molecule has 27 heavy (non-hydrogen) atoms. The summed E-state index contributed by atoms with van der Waals surface area (Å²) in [7, 11) is 0. The van der Waals surface area contributed by atoms with E-state index in [1.165, 1.54) is 17.9 Å². The molecule has 0 N–H and O–H groups in total. The largest absolute Gasteiger partial charge is 0.490 e. The minimum absolute atomic E-state index is 0.129. The molecule has 3 rings (SSSR count). The van der Waals surface area contributed by atoms with Crippen molar-refractivity contribution in [1.82, 2.24) is 0 Å². The van der Waals surface area contributed by atoms with E-state index in [0.29, 0.717) is 17.0 Å². The van der Waals surface area contributed by atoms with Crippen LogP contribution in [0.1, 0.15) is 27.6 Å². The maximum Gasteiger partial charge on any atom is 0.277 e. The van der Waals surface area contributed by atoms with Gasteiger partial charge in [0.15, 0.2) is 5.78 Å². The Kier molecular flexibility index (Phi) is 4.55. The summed E-state index contributed by atoms with van der Waals surface area (Å²) in [6.45, 7) is 1.68. The monoisotopic (exact) mass is 371 g/mol. The first kappa shape index (κ1) is 18.0. The number of ketones is 1. The lowest BCUT2D eigenvalue weighted by Gasteiger charge is -2.29. The zero-order valence-corrected chi connectivity index (χ0v) is 14.1. The van der Waals surface area contributed by atoms with Crippen LogP contribution in [-0.2, 0) is 0 Å². The molecule has 10 heteroatoms. The van der Waals surface area contributed by atoms with E-state index in [9.17, 15) is 29.8 Å². The molecule has 1 aliphatic rings. The number of carbonyl (C=O) groups excluding carboxylic acids is 2. The normalized spacial score (nSPS) is 12.7. The summed E-state index contributed by atoms with van der Waals surface area (Å²) < 4.78 is 5.48. The highest BCUT2D eigenvalue weighted by Gasteiger charge is 2.28. The first-order chi connectivity index (χ1) is 12.8. The molecular formula is C17H13N3O7. The molecule has 0 aromatic heterocycles. The molecule has 0 saturated carbocycles. The van der Waals surface area contributed by atoms with Crippen LogP contribution < -0.4 is 9.64 Å². The minimum Gasteiger partial charge on any atom is -0.490 e. The van der Waals surface area contributed by atoms with Gasteiger partial charge in [-0.05, 0) is 25.1 Å².